The van der Waals surface area contributed by atoms with Crippen LogP contribution in [0.5, 0.6) is 0 Å². The van der Waals surface area contributed by atoms with Gasteiger partial charge in [0.15, 0.2) is 0 Å². The van der Waals surface area contributed by atoms with E-state index in [-0.39, 0.29) is 29.3 Å². The molecule has 1 atom stereocenters. The summed E-state index contributed by atoms with van der Waals surface area (Å²) in [5.41, 5.74) is 5.08. The molecule has 1 rings (SSSR count). The maximum absolute atomic E-state index is 11.6. The minimum atomic E-state index is -0.669. The summed E-state index contributed by atoms with van der Waals surface area (Å²) >= 11 is 0. The number of carbonyl (C=O) groups is 1. The number of rotatable bonds is 5. The largest absolute Gasteiger partial charge is 0.378 e. The van der Waals surface area contributed by atoms with Crippen LogP contribution in [0, 0.1) is 16.0 Å². The van der Waals surface area contributed by atoms with Crippen molar-refractivity contribution in [1.82, 2.24) is 15.3 Å². The van der Waals surface area contributed by atoms with Gasteiger partial charge in [-0.1, -0.05) is 13.8 Å². The Labute approximate surface area is 109 Å². The van der Waals surface area contributed by atoms with Gasteiger partial charge in [-0.2, -0.15) is 4.98 Å². The summed E-state index contributed by atoms with van der Waals surface area (Å²) in [6.07, 6.45) is 1.01. The predicted octanol–water partition coefficient (Wildman–Crippen LogP) is 0.149. The van der Waals surface area contributed by atoms with Crippen molar-refractivity contribution in [2.75, 3.05) is 18.1 Å². The van der Waals surface area contributed by atoms with Gasteiger partial charge < -0.3 is 16.4 Å². The molecule has 1 unspecified atom stereocenters. The number of nitrogens with two attached hydrogens (primary N) is 1. The molecular weight excluding hydrogens is 252 g/mol. The first-order valence-corrected chi connectivity index (χ1v) is 5.61. The molecule has 0 aliphatic carbocycles. The molecule has 9 heteroatoms. The average molecular weight is 268 g/mol. The summed E-state index contributed by atoms with van der Waals surface area (Å²) in [6.45, 7) is 3.70. The first kappa shape index (κ1) is 14.6. The second-order valence-corrected chi connectivity index (χ2v) is 4.20. The van der Waals surface area contributed by atoms with Crippen molar-refractivity contribution in [2.24, 2.45) is 5.92 Å². The lowest BCUT2D eigenvalue weighted by atomic mass is 10.0. The highest BCUT2D eigenvalue weighted by Gasteiger charge is 2.23. The Bertz CT molecular complexity index is 490. The molecule has 104 valence electrons. The maximum Gasteiger partial charge on any atom is 0.329 e. The highest BCUT2D eigenvalue weighted by molar-refractivity contribution is 5.84. The summed E-state index contributed by atoms with van der Waals surface area (Å²) in [5.74, 6) is -0.414. The van der Waals surface area contributed by atoms with Crippen molar-refractivity contribution in [3.63, 3.8) is 0 Å². The number of carbonyl (C=O) groups excluding carboxylic acids is 1. The summed E-state index contributed by atoms with van der Waals surface area (Å²) < 4.78 is 0. The quantitative estimate of drug-likeness (QED) is 0.510. The van der Waals surface area contributed by atoms with Crippen LogP contribution >= 0.6 is 0 Å². The monoisotopic (exact) mass is 268 g/mol. The molecule has 0 aromatic carbocycles. The molecule has 0 saturated heterocycles. The van der Waals surface area contributed by atoms with Crippen LogP contribution in [0.2, 0.25) is 0 Å². The van der Waals surface area contributed by atoms with Crippen LogP contribution in [0.3, 0.4) is 0 Å². The third-order valence-electron chi connectivity index (χ3n) is 2.47. The number of nitrogen functional groups attached to an aromatic ring is 1. The predicted molar refractivity (Wildman–Crippen MR) is 69.4 cm³/mol. The Hall–Kier alpha value is -2.45. The lowest BCUT2D eigenvalue weighted by Gasteiger charge is -2.20. The summed E-state index contributed by atoms with van der Waals surface area (Å²) in [6, 6.07) is -0.550. The van der Waals surface area contributed by atoms with E-state index in [1.165, 1.54) is 7.05 Å². The number of hydrogen-bond donors (Lipinski definition) is 3. The van der Waals surface area contributed by atoms with Crippen molar-refractivity contribution >= 4 is 23.4 Å². The molecule has 1 aromatic heterocycles. The van der Waals surface area contributed by atoms with E-state index < -0.39 is 11.0 Å². The molecule has 0 saturated carbocycles. The van der Waals surface area contributed by atoms with Crippen LogP contribution in [0.1, 0.15) is 13.8 Å². The Balaban J connectivity index is 2.95. The SMILES string of the molecule is CNC(=O)C(Nc1ncc([N+](=O)[O-])c(N)n1)C(C)C. The molecule has 0 aliphatic heterocycles. The van der Waals surface area contributed by atoms with Crippen LogP contribution in [-0.2, 0) is 4.79 Å². The van der Waals surface area contributed by atoms with Crippen LogP contribution in [0.15, 0.2) is 6.20 Å². The first-order valence-electron chi connectivity index (χ1n) is 5.61. The van der Waals surface area contributed by atoms with Crippen LogP contribution in [0.25, 0.3) is 0 Å². The molecule has 9 nitrogen and oxygen atoms in total. The van der Waals surface area contributed by atoms with E-state index in [9.17, 15) is 14.9 Å². The fourth-order valence-corrected chi connectivity index (χ4v) is 1.43. The lowest BCUT2D eigenvalue weighted by Crippen LogP contribution is -2.41. The molecule has 0 bridgehead atoms. The Kier molecular flexibility index (Phi) is 4.56. The minimum Gasteiger partial charge on any atom is -0.378 e. The van der Waals surface area contributed by atoms with Gasteiger partial charge >= 0.3 is 5.69 Å². The Morgan fingerprint density at radius 3 is 2.58 bits per heavy atom. The van der Waals surface area contributed by atoms with Crippen LogP contribution < -0.4 is 16.4 Å². The van der Waals surface area contributed by atoms with Crippen molar-refractivity contribution in [2.45, 2.75) is 19.9 Å². The molecule has 19 heavy (non-hydrogen) atoms. The van der Waals surface area contributed by atoms with E-state index in [1.54, 1.807) is 0 Å². The van der Waals surface area contributed by atoms with Gasteiger partial charge in [0.05, 0.1) is 4.92 Å². The molecule has 0 spiro atoms. The highest BCUT2D eigenvalue weighted by atomic mass is 16.6. The van der Waals surface area contributed by atoms with Gasteiger partial charge in [-0.05, 0) is 5.92 Å². The summed E-state index contributed by atoms with van der Waals surface area (Å²) in [4.78, 5) is 29.1. The Morgan fingerprint density at radius 2 is 2.16 bits per heavy atom. The second-order valence-electron chi connectivity index (χ2n) is 4.20. The fourth-order valence-electron chi connectivity index (χ4n) is 1.43. The van der Waals surface area contributed by atoms with E-state index in [2.05, 4.69) is 20.6 Å². The van der Waals surface area contributed by atoms with Gasteiger partial charge in [0, 0.05) is 7.05 Å². The molecule has 0 aliphatic rings. The van der Waals surface area contributed by atoms with Crippen LogP contribution in [0.4, 0.5) is 17.5 Å². The molecule has 4 N–H and O–H groups in total. The zero-order valence-electron chi connectivity index (χ0n) is 10.9. The van der Waals surface area contributed by atoms with Gasteiger partial charge in [0.25, 0.3) is 0 Å². The van der Waals surface area contributed by atoms with Crippen molar-refractivity contribution in [1.29, 1.82) is 0 Å². The number of hydrogen-bond acceptors (Lipinski definition) is 7. The van der Waals surface area contributed by atoms with Crippen LogP contribution in [-0.4, -0.2) is 33.9 Å². The fraction of sp³-hybridized carbons (Fsp3) is 0.500. The number of anilines is 2. The van der Waals surface area contributed by atoms with E-state index >= 15 is 0 Å². The topological polar surface area (TPSA) is 136 Å². The number of nitrogens with zero attached hydrogens (tertiary/aromatic N) is 3. The summed E-state index contributed by atoms with van der Waals surface area (Å²) in [7, 11) is 1.52. The number of amides is 1. The zero-order valence-corrected chi connectivity index (χ0v) is 10.9. The second kappa shape index (κ2) is 5.94. The highest BCUT2D eigenvalue weighted by Crippen LogP contribution is 2.19. The lowest BCUT2D eigenvalue weighted by molar-refractivity contribution is -0.384. The number of likely N-dealkylation sites (N-methyl/N-ethyl adjacent to an activating group) is 1. The summed E-state index contributed by atoms with van der Waals surface area (Å²) in [5, 5.41) is 15.9. The first-order chi connectivity index (χ1) is 8.86. The molecule has 0 fully saturated rings. The number of nitro groups is 1. The average Bonchev–Trinajstić information content (AvgIpc) is 2.34. The van der Waals surface area contributed by atoms with Gasteiger partial charge in [0.2, 0.25) is 17.7 Å². The number of aromatic nitrogens is 2. The maximum atomic E-state index is 11.6. The molecule has 1 amide bonds. The van der Waals surface area contributed by atoms with E-state index in [4.69, 9.17) is 5.73 Å². The zero-order chi connectivity index (χ0) is 14.6. The third kappa shape index (κ3) is 3.50. The molecule has 0 radical (unpaired) electrons. The van der Waals surface area contributed by atoms with Gasteiger partial charge in [-0.15, -0.1) is 0 Å². The van der Waals surface area contributed by atoms with Gasteiger partial charge in [-0.3, -0.25) is 14.9 Å². The van der Waals surface area contributed by atoms with Gasteiger partial charge in [-0.25, -0.2) is 4.98 Å². The number of nitrogens with one attached hydrogen (secondary N) is 2. The van der Waals surface area contributed by atoms with E-state index in [1.807, 2.05) is 13.8 Å². The minimum absolute atomic E-state index is 0.0139. The normalized spacial score (nSPS) is 12.0. The Morgan fingerprint density at radius 1 is 1.53 bits per heavy atom. The van der Waals surface area contributed by atoms with Crippen molar-refractivity contribution in [3.05, 3.63) is 16.3 Å². The van der Waals surface area contributed by atoms with E-state index in [0.717, 1.165) is 6.20 Å². The molecule has 1 heterocycles. The molecular formula is C10H16N6O3. The van der Waals surface area contributed by atoms with Crippen molar-refractivity contribution in [3.8, 4) is 0 Å². The van der Waals surface area contributed by atoms with Crippen molar-refractivity contribution < 1.29 is 9.72 Å². The van der Waals surface area contributed by atoms with E-state index in [0.29, 0.717) is 0 Å². The third-order valence-corrected chi connectivity index (χ3v) is 2.47. The molecule has 1 aromatic rings. The smallest absolute Gasteiger partial charge is 0.329 e. The van der Waals surface area contributed by atoms with Gasteiger partial charge in [0.1, 0.15) is 12.2 Å². The standard InChI is InChI=1S/C10H16N6O3/c1-5(2)7(9(17)12-3)14-10-13-4-6(16(18)19)8(11)15-10/h4-5,7H,1-3H3,(H,12,17)(H3,11,13,14,15).